The first-order valence-electron chi connectivity index (χ1n) is 5.67. The molecule has 0 saturated heterocycles. The first-order chi connectivity index (χ1) is 7.27. The summed E-state index contributed by atoms with van der Waals surface area (Å²) in [4.78, 5) is 0. The number of hydrogen-bond acceptors (Lipinski definition) is 3. The number of nitrogens with one attached hydrogen (secondary N) is 1. The van der Waals surface area contributed by atoms with Crippen LogP contribution in [0.4, 0.5) is 8.78 Å². The van der Waals surface area contributed by atoms with Crippen molar-refractivity contribution in [2.75, 3.05) is 26.3 Å². The van der Waals surface area contributed by atoms with Crippen molar-refractivity contribution in [2.24, 2.45) is 5.73 Å². The molecule has 0 aromatic heterocycles. The van der Waals surface area contributed by atoms with Gasteiger partial charge in [0.1, 0.15) is 0 Å². The molecule has 16 heavy (non-hydrogen) atoms. The Hall–Kier alpha value is -0.260. The highest BCUT2D eigenvalue weighted by atomic mass is 19.3. The topological polar surface area (TPSA) is 47.3 Å². The average Bonchev–Trinajstić information content (AvgIpc) is 2.10. The summed E-state index contributed by atoms with van der Waals surface area (Å²) in [6, 6.07) is 0. The molecule has 0 spiro atoms. The summed E-state index contributed by atoms with van der Waals surface area (Å²) in [6.07, 6.45) is -0.394. The van der Waals surface area contributed by atoms with Crippen LogP contribution in [0.15, 0.2) is 0 Å². The van der Waals surface area contributed by atoms with E-state index in [0.29, 0.717) is 19.7 Å². The van der Waals surface area contributed by atoms with E-state index in [1.54, 1.807) is 0 Å². The zero-order chi connectivity index (χ0) is 12.7. The van der Waals surface area contributed by atoms with Gasteiger partial charge in [-0.05, 0) is 20.8 Å². The summed E-state index contributed by atoms with van der Waals surface area (Å²) >= 11 is 0. The number of nitrogens with two attached hydrogens (primary N) is 1. The van der Waals surface area contributed by atoms with Gasteiger partial charge in [0, 0.05) is 31.5 Å². The van der Waals surface area contributed by atoms with Crippen molar-refractivity contribution in [3.05, 3.63) is 0 Å². The van der Waals surface area contributed by atoms with E-state index in [4.69, 9.17) is 10.5 Å². The lowest BCUT2D eigenvalue weighted by Gasteiger charge is -2.23. The van der Waals surface area contributed by atoms with Gasteiger partial charge in [0.15, 0.2) is 0 Å². The quantitative estimate of drug-likeness (QED) is 0.633. The van der Waals surface area contributed by atoms with Crippen LogP contribution in [0.1, 0.15) is 33.6 Å². The molecule has 0 bridgehead atoms. The molecule has 0 unspecified atom stereocenters. The van der Waals surface area contributed by atoms with E-state index in [-0.39, 0.29) is 25.0 Å². The second-order valence-corrected chi connectivity index (χ2v) is 4.93. The maximum atomic E-state index is 13.3. The summed E-state index contributed by atoms with van der Waals surface area (Å²) in [7, 11) is 0. The van der Waals surface area contributed by atoms with Crippen LogP contribution < -0.4 is 11.1 Å². The predicted octanol–water partition coefficient (Wildman–Crippen LogP) is 1.77. The van der Waals surface area contributed by atoms with Gasteiger partial charge in [-0.3, -0.25) is 0 Å². The molecule has 0 aliphatic rings. The van der Waals surface area contributed by atoms with Gasteiger partial charge in [-0.2, -0.15) is 0 Å². The summed E-state index contributed by atoms with van der Waals surface area (Å²) in [6.45, 7) is 6.96. The maximum Gasteiger partial charge on any atom is 0.251 e. The van der Waals surface area contributed by atoms with Gasteiger partial charge in [0.2, 0.25) is 0 Å². The number of ether oxygens (including phenoxy) is 1. The fraction of sp³-hybridized carbons (Fsp3) is 1.00. The van der Waals surface area contributed by atoms with E-state index in [0.717, 1.165) is 0 Å². The van der Waals surface area contributed by atoms with Crippen LogP contribution in [-0.4, -0.2) is 37.8 Å². The van der Waals surface area contributed by atoms with Crippen LogP contribution in [0.25, 0.3) is 0 Å². The second kappa shape index (κ2) is 7.14. The number of alkyl halides is 2. The Morgan fingerprint density at radius 3 is 2.25 bits per heavy atom. The molecular weight excluding hydrogens is 214 g/mol. The molecule has 0 rings (SSSR count). The van der Waals surface area contributed by atoms with Crippen LogP contribution in [0, 0.1) is 0 Å². The molecule has 0 aliphatic carbocycles. The van der Waals surface area contributed by atoms with Gasteiger partial charge in [-0.15, -0.1) is 0 Å². The van der Waals surface area contributed by atoms with Crippen molar-refractivity contribution in [1.29, 1.82) is 0 Å². The van der Waals surface area contributed by atoms with E-state index in [1.165, 1.54) is 0 Å². The lowest BCUT2D eigenvalue weighted by atomic mass is 10.1. The largest absolute Gasteiger partial charge is 0.380 e. The van der Waals surface area contributed by atoms with Crippen molar-refractivity contribution in [3.8, 4) is 0 Å². The minimum absolute atomic E-state index is 0.0692. The van der Waals surface area contributed by atoms with Crippen molar-refractivity contribution >= 4 is 0 Å². The lowest BCUT2D eigenvalue weighted by molar-refractivity contribution is -0.0392. The summed E-state index contributed by atoms with van der Waals surface area (Å²) < 4.78 is 31.5. The molecule has 0 aliphatic heterocycles. The van der Waals surface area contributed by atoms with Crippen molar-refractivity contribution in [1.82, 2.24) is 5.32 Å². The first-order valence-corrected chi connectivity index (χ1v) is 5.67. The highest BCUT2D eigenvalue weighted by Crippen LogP contribution is 2.22. The number of hydrogen-bond donors (Lipinski definition) is 2. The molecule has 0 amide bonds. The zero-order valence-corrected chi connectivity index (χ0v) is 10.5. The fourth-order valence-electron chi connectivity index (χ4n) is 1.15. The maximum absolute atomic E-state index is 13.3. The second-order valence-electron chi connectivity index (χ2n) is 4.93. The molecule has 0 saturated carbocycles. The Labute approximate surface area is 96.7 Å². The third-order valence-electron chi connectivity index (χ3n) is 2.02. The molecule has 0 radical (unpaired) electrons. The molecule has 0 heterocycles. The Morgan fingerprint density at radius 1 is 1.12 bits per heavy atom. The SMILES string of the molecule is CC(C)(C)NCCC(F)(F)CCOCCN. The Bertz CT molecular complexity index is 181. The Balaban J connectivity index is 3.62. The van der Waals surface area contributed by atoms with Gasteiger partial charge >= 0.3 is 0 Å². The smallest absolute Gasteiger partial charge is 0.251 e. The van der Waals surface area contributed by atoms with Crippen molar-refractivity contribution in [3.63, 3.8) is 0 Å². The highest BCUT2D eigenvalue weighted by molar-refractivity contribution is 4.74. The first kappa shape index (κ1) is 15.7. The summed E-state index contributed by atoms with van der Waals surface area (Å²) in [5.74, 6) is -2.66. The van der Waals surface area contributed by atoms with E-state index in [9.17, 15) is 8.78 Å². The standard InChI is InChI=1S/C11H24F2N2O/c1-10(2,3)15-7-4-11(12,13)5-8-16-9-6-14/h15H,4-9,14H2,1-3H3. The third-order valence-corrected chi connectivity index (χ3v) is 2.02. The summed E-state index contributed by atoms with van der Waals surface area (Å²) in [5.41, 5.74) is 5.06. The minimum atomic E-state index is -2.66. The van der Waals surface area contributed by atoms with Crippen molar-refractivity contribution < 1.29 is 13.5 Å². The molecule has 0 fully saturated rings. The van der Waals surface area contributed by atoms with Crippen LogP contribution in [0.3, 0.4) is 0 Å². The van der Waals surface area contributed by atoms with E-state index < -0.39 is 5.92 Å². The Morgan fingerprint density at radius 2 is 1.75 bits per heavy atom. The predicted molar refractivity (Wildman–Crippen MR) is 61.8 cm³/mol. The van der Waals surface area contributed by atoms with Gasteiger partial charge in [0.25, 0.3) is 5.92 Å². The van der Waals surface area contributed by atoms with E-state index >= 15 is 0 Å². The van der Waals surface area contributed by atoms with Crippen molar-refractivity contribution in [2.45, 2.75) is 45.1 Å². The fourth-order valence-corrected chi connectivity index (χ4v) is 1.15. The molecule has 3 N–H and O–H groups in total. The molecule has 0 aromatic carbocycles. The van der Waals surface area contributed by atoms with Gasteiger partial charge in [0.05, 0.1) is 13.2 Å². The van der Waals surface area contributed by atoms with Crippen LogP contribution in [-0.2, 0) is 4.74 Å². The van der Waals surface area contributed by atoms with Crippen LogP contribution in [0.5, 0.6) is 0 Å². The number of rotatable bonds is 8. The molecule has 0 atom stereocenters. The third kappa shape index (κ3) is 10.3. The molecular formula is C11H24F2N2O. The molecule has 5 heteroatoms. The van der Waals surface area contributed by atoms with Crippen LogP contribution >= 0.6 is 0 Å². The van der Waals surface area contributed by atoms with Crippen LogP contribution in [0.2, 0.25) is 0 Å². The normalized spacial score (nSPS) is 13.1. The molecule has 98 valence electrons. The monoisotopic (exact) mass is 238 g/mol. The molecule has 3 nitrogen and oxygen atoms in total. The van der Waals surface area contributed by atoms with E-state index in [1.807, 2.05) is 20.8 Å². The zero-order valence-electron chi connectivity index (χ0n) is 10.5. The number of halogens is 2. The van der Waals surface area contributed by atoms with Gasteiger partial charge < -0.3 is 15.8 Å². The van der Waals surface area contributed by atoms with E-state index in [2.05, 4.69) is 5.32 Å². The summed E-state index contributed by atoms with van der Waals surface area (Å²) in [5, 5.41) is 3.04. The lowest BCUT2D eigenvalue weighted by Crippen LogP contribution is -2.38. The highest BCUT2D eigenvalue weighted by Gasteiger charge is 2.28. The van der Waals surface area contributed by atoms with Gasteiger partial charge in [-0.1, -0.05) is 0 Å². The minimum Gasteiger partial charge on any atom is -0.380 e. The average molecular weight is 238 g/mol. The molecule has 0 aromatic rings. The van der Waals surface area contributed by atoms with Gasteiger partial charge in [-0.25, -0.2) is 8.78 Å². The Kier molecular flexibility index (Phi) is 7.03.